The van der Waals surface area contributed by atoms with E-state index in [0.29, 0.717) is 24.1 Å². The number of nitrogens with one attached hydrogen (secondary N) is 1. The molecule has 0 fully saturated rings. The van der Waals surface area contributed by atoms with Crippen LogP contribution < -0.4 is 10.1 Å². The molecule has 0 bridgehead atoms. The second-order valence-electron chi connectivity index (χ2n) is 7.34. The summed E-state index contributed by atoms with van der Waals surface area (Å²) in [4.78, 5) is 26.9. The van der Waals surface area contributed by atoms with Crippen molar-refractivity contribution in [2.24, 2.45) is 5.92 Å². The van der Waals surface area contributed by atoms with Crippen LogP contribution in [0.3, 0.4) is 0 Å². The van der Waals surface area contributed by atoms with Crippen LogP contribution in [-0.2, 0) is 14.3 Å². The number of benzene rings is 1. The Morgan fingerprint density at radius 3 is 2.72 bits per heavy atom. The van der Waals surface area contributed by atoms with Crippen molar-refractivity contribution in [2.45, 2.75) is 24.7 Å². The Morgan fingerprint density at radius 1 is 1.21 bits per heavy atom. The molecule has 0 amide bonds. The number of ether oxygens (including phenoxy) is 2. The van der Waals surface area contributed by atoms with E-state index < -0.39 is 5.92 Å². The van der Waals surface area contributed by atoms with Gasteiger partial charge in [-0.15, -0.1) is 11.3 Å². The number of thiophene rings is 1. The maximum absolute atomic E-state index is 13.3. The average molecular weight is 410 g/mol. The van der Waals surface area contributed by atoms with Crippen molar-refractivity contribution in [3.05, 3.63) is 75.8 Å². The number of rotatable bonds is 4. The Kier molecular flexibility index (Phi) is 5.28. The molecule has 5 nitrogen and oxygen atoms in total. The molecular formula is C23H23NO4S. The lowest BCUT2D eigenvalue weighted by Crippen LogP contribution is -2.41. The lowest BCUT2D eigenvalue weighted by Gasteiger charge is -2.39. The first kappa shape index (κ1) is 19.5. The standard InChI is InChI=1S/C23H23NO4S/c1-13-20(23(26)28-3)22(19-8-5-9-29-19)21-17(24-13)11-15(12-18(21)25)14-6-4-7-16(10-14)27-2/h4-10,15,20,22,24H,1,11-12H2,2-3H3. The number of methoxy groups -OCH3 is 2. The van der Waals surface area contributed by atoms with Gasteiger partial charge in [-0.25, -0.2) is 0 Å². The Hall–Kier alpha value is -2.86. The fourth-order valence-electron chi connectivity index (χ4n) is 4.36. The summed E-state index contributed by atoms with van der Waals surface area (Å²) in [6.45, 7) is 4.09. The minimum Gasteiger partial charge on any atom is -0.497 e. The van der Waals surface area contributed by atoms with Crippen LogP contribution in [0.1, 0.15) is 35.1 Å². The highest BCUT2D eigenvalue weighted by molar-refractivity contribution is 7.10. The van der Waals surface area contributed by atoms with E-state index in [-0.39, 0.29) is 23.6 Å². The molecule has 29 heavy (non-hydrogen) atoms. The fraction of sp³-hybridized carbons (Fsp3) is 0.304. The van der Waals surface area contributed by atoms with Gasteiger partial charge in [0, 0.05) is 34.2 Å². The van der Waals surface area contributed by atoms with Crippen molar-refractivity contribution in [3.63, 3.8) is 0 Å². The van der Waals surface area contributed by atoms with Gasteiger partial charge < -0.3 is 14.8 Å². The van der Waals surface area contributed by atoms with Crippen molar-refractivity contribution in [1.82, 2.24) is 5.32 Å². The van der Waals surface area contributed by atoms with Gasteiger partial charge in [0.25, 0.3) is 0 Å². The van der Waals surface area contributed by atoms with Gasteiger partial charge in [-0.2, -0.15) is 0 Å². The molecule has 1 aliphatic carbocycles. The molecule has 0 saturated heterocycles. The first-order chi connectivity index (χ1) is 14.0. The van der Waals surface area contributed by atoms with Crippen LogP contribution in [0.25, 0.3) is 0 Å². The van der Waals surface area contributed by atoms with Gasteiger partial charge in [-0.3, -0.25) is 9.59 Å². The van der Waals surface area contributed by atoms with Crippen LogP contribution in [0.15, 0.2) is 65.3 Å². The minimum atomic E-state index is -0.616. The quantitative estimate of drug-likeness (QED) is 0.769. The van der Waals surface area contributed by atoms with E-state index in [1.165, 1.54) is 7.11 Å². The lowest BCUT2D eigenvalue weighted by molar-refractivity contribution is -0.144. The first-order valence-corrected chi connectivity index (χ1v) is 10.4. The lowest BCUT2D eigenvalue weighted by atomic mass is 9.71. The van der Waals surface area contributed by atoms with Gasteiger partial charge in [0.1, 0.15) is 11.7 Å². The van der Waals surface area contributed by atoms with E-state index >= 15 is 0 Å². The number of hydrogen-bond acceptors (Lipinski definition) is 6. The molecule has 2 aromatic rings. The maximum Gasteiger partial charge on any atom is 0.315 e. The van der Waals surface area contributed by atoms with Crippen LogP contribution in [0.4, 0.5) is 0 Å². The molecular weight excluding hydrogens is 386 g/mol. The second-order valence-corrected chi connectivity index (χ2v) is 8.32. The molecule has 150 valence electrons. The van der Waals surface area contributed by atoms with E-state index in [0.717, 1.165) is 21.9 Å². The first-order valence-electron chi connectivity index (χ1n) is 9.50. The van der Waals surface area contributed by atoms with Crippen molar-refractivity contribution < 1.29 is 19.1 Å². The molecule has 3 unspecified atom stereocenters. The SMILES string of the molecule is C=C1NC2=C(C(=O)CC(c3cccc(OC)c3)C2)C(c2cccs2)C1C(=O)OC. The highest BCUT2D eigenvalue weighted by atomic mass is 32.1. The molecule has 2 aliphatic rings. The van der Waals surface area contributed by atoms with Gasteiger partial charge in [0.2, 0.25) is 0 Å². The molecule has 0 spiro atoms. The van der Waals surface area contributed by atoms with Crippen molar-refractivity contribution >= 4 is 23.1 Å². The predicted octanol–water partition coefficient (Wildman–Crippen LogP) is 4.15. The van der Waals surface area contributed by atoms with Crippen LogP contribution >= 0.6 is 11.3 Å². The Balaban J connectivity index is 1.76. The Labute approximate surface area is 174 Å². The molecule has 6 heteroatoms. The summed E-state index contributed by atoms with van der Waals surface area (Å²) in [5.74, 6) is -0.463. The summed E-state index contributed by atoms with van der Waals surface area (Å²) in [7, 11) is 3.00. The normalized spacial score (nSPS) is 24.0. The Bertz CT molecular complexity index is 992. The van der Waals surface area contributed by atoms with Crippen molar-refractivity contribution in [3.8, 4) is 5.75 Å². The number of allylic oxidation sites excluding steroid dienone is 2. The zero-order valence-corrected chi connectivity index (χ0v) is 17.3. The average Bonchev–Trinajstić information content (AvgIpc) is 3.26. The number of Topliss-reactive ketones (excluding diaryl/α,β-unsaturated/α-hetero) is 1. The van der Waals surface area contributed by atoms with Crippen LogP contribution in [0.2, 0.25) is 0 Å². The summed E-state index contributed by atoms with van der Waals surface area (Å²) in [5.41, 5.74) is 3.19. The molecule has 0 saturated carbocycles. The summed E-state index contributed by atoms with van der Waals surface area (Å²) in [6, 6.07) is 11.7. The van der Waals surface area contributed by atoms with Crippen molar-refractivity contribution in [1.29, 1.82) is 0 Å². The molecule has 1 aromatic heterocycles. The zero-order valence-electron chi connectivity index (χ0n) is 16.4. The summed E-state index contributed by atoms with van der Waals surface area (Å²) >= 11 is 1.54. The fourth-order valence-corrected chi connectivity index (χ4v) is 5.23. The third-order valence-corrected chi connectivity index (χ3v) is 6.66. The van der Waals surface area contributed by atoms with Crippen molar-refractivity contribution in [2.75, 3.05) is 14.2 Å². The van der Waals surface area contributed by atoms with Gasteiger partial charge in [0.15, 0.2) is 5.78 Å². The topological polar surface area (TPSA) is 64.6 Å². The van der Waals surface area contributed by atoms with Gasteiger partial charge >= 0.3 is 5.97 Å². The molecule has 4 rings (SSSR count). The molecule has 3 atom stereocenters. The number of ketones is 1. The minimum absolute atomic E-state index is 0.0512. The van der Waals surface area contributed by atoms with Gasteiger partial charge in [-0.05, 0) is 41.5 Å². The molecule has 1 aliphatic heterocycles. The summed E-state index contributed by atoms with van der Waals surface area (Å²) in [5, 5.41) is 5.23. The third-order valence-electron chi connectivity index (χ3n) is 5.71. The van der Waals surface area contributed by atoms with E-state index in [9.17, 15) is 9.59 Å². The largest absolute Gasteiger partial charge is 0.497 e. The highest BCUT2D eigenvalue weighted by Crippen LogP contribution is 2.48. The van der Waals surface area contributed by atoms with Crippen LogP contribution in [-0.4, -0.2) is 26.0 Å². The van der Waals surface area contributed by atoms with E-state index in [4.69, 9.17) is 9.47 Å². The molecule has 2 heterocycles. The predicted molar refractivity (Wildman–Crippen MR) is 112 cm³/mol. The van der Waals surface area contributed by atoms with Gasteiger partial charge in [0.05, 0.1) is 14.2 Å². The van der Waals surface area contributed by atoms with E-state index in [2.05, 4.69) is 11.9 Å². The molecule has 0 radical (unpaired) electrons. The van der Waals surface area contributed by atoms with E-state index in [1.54, 1.807) is 18.4 Å². The Morgan fingerprint density at radius 2 is 2.03 bits per heavy atom. The van der Waals surface area contributed by atoms with Gasteiger partial charge in [-0.1, -0.05) is 24.8 Å². The monoisotopic (exact) mass is 409 g/mol. The highest BCUT2D eigenvalue weighted by Gasteiger charge is 2.45. The summed E-state index contributed by atoms with van der Waals surface area (Å²) < 4.78 is 10.4. The second kappa shape index (κ2) is 7.87. The molecule has 1 N–H and O–H groups in total. The summed E-state index contributed by atoms with van der Waals surface area (Å²) in [6.07, 6.45) is 1.08. The molecule has 1 aromatic carbocycles. The third kappa shape index (κ3) is 3.49. The number of esters is 1. The number of carbonyl (C=O) groups is 2. The number of hydrogen-bond donors (Lipinski definition) is 1. The van der Waals surface area contributed by atoms with Crippen LogP contribution in [0, 0.1) is 5.92 Å². The number of carbonyl (C=O) groups excluding carboxylic acids is 2. The van der Waals surface area contributed by atoms with E-state index in [1.807, 2.05) is 41.8 Å². The van der Waals surface area contributed by atoms with Crippen LogP contribution in [0.5, 0.6) is 5.75 Å². The smallest absolute Gasteiger partial charge is 0.315 e. The maximum atomic E-state index is 13.3. The zero-order chi connectivity index (χ0) is 20.5.